The van der Waals surface area contributed by atoms with Crippen molar-refractivity contribution in [3.05, 3.63) is 57.3 Å². The van der Waals surface area contributed by atoms with E-state index < -0.39 is 6.09 Å². The van der Waals surface area contributed by atoms with E-state index >= 15 is 0 Å². The summed E-state index contributed by atoms with van der Waals surface area (Å²) in [7, 11) is 0. The zero-order valence-corrected chi connectivity index (χ0v) is 14.6. The van der Waals surface area contributed by atoms with E-state index in [1.165, 1.54) is 6.20 Å². The van der Waals surface area contributed by atoms with E-state index in [2.05, 4.69) is 15.6 Å². The summed E-state index contributed by atoms with van der Waals surface area (Å²) in [5.74, 6) is -0.327. The molecule has 0 radical (unpaired) electrons. The number of carbonyl (C=O) groups is 2. The fourth-order valence-electron chi connectivity index (χ4n) is 2.91. The summed E-state index contributed by atoms with van der Waals surface area (Å²) in [5.41, 5.74) is 2.83. The van der Waals surface area contributed by atoms with E-state index in [1.807, 2.05) is 6.07 Å². The minimum Gasteiger partial charge on any atom is -0.465 e. The number of benzene rings is 1. The van der Waals surface area contributed by atoms with Gasteiger partial charge in [-0.2, -0.15) is 0 Å². The van der Waals surface area contributed by atoms with Gasteiger partial charge < -0.3 is 15.7 Å². The summed E-state index contributed by atoms with van der Waals surface area (Å²) >= 11 is 12.2. The molecule has 1 atom stereocenters. The Kier molecular flexibility index (Phi) is 5.11. The van der Waals surface area contributed by atoms with Crippen LogP contribution in [0.4, 0.5) is 10.5 Å². The lowest BCUT2D eigenvalue weighted by Crippen LogP contribution is -2.38. The molecule has 0 aliphatic heterocycles. The van der Waals surface area contributed by atoms with E-state index in [4.69, 9.17) is 28.3 Å². The average Bonchev–Trinajstić information content (AvgIpc) is 2.57. The van der Waals surface area contributed by atoms with Gasteiger partial charge in [0, 0.05) is 12.2 Å². The predicted molar refractivity (Wildman–Crippen MR) is 95.6 cm³/mol. The number of nitrogens with zero attached hydrogens (tertiary/aromatic N) is 1. The van der Waals surface area contributed by atoms with Crippen LogP contribution >= 0.6 is 23.2 Å². The van der Waals surface area contributed by atoms with Gasteiger partial charge in [-0.3, -0.25) is 4.79 Å². The standard InChI is InChI=1S/C17H15Cl2N3O3/c18-14-6-2-10(8-20-14)16(23)22-13-5-1-9-7-11(21-17(24)25)3-4-12(9)15(13)19/h1-2,5-6,8,11,21H,3-4,7H2,(H,22,23)(H,24,25). The number of nitrogens with one attached hydrogen (secondary N) is 2. The van der Waals surface area contributed by atoms with Crippen molar-refractivity contribution >= 4 is 40.9 Å². The molecule has 2 aromatic rings. The molecule has 1 aromatic carbocycles. The molecule has 2 amide bonds. The van der Waals surface area contributed by atoms with Crippen molar-refractivity contribution in [2.45, 2.75) is 25.3 Å². The lowest BCUT2D eigenvalue weighted by Gasteiger charge is -2.26. The number of carbonyl (C=O) groups excluding carboxylic acids is 1. The number of hydrogen-bond donors (Lipinski definition) is 3. The summed E-state index contributed by atoms with van der Waals surface area (Å²) in [6.07, 6.45) is 2.26. The van der Waals surface area contributed by atoms with Crippen LogP contribution in [-0.2, 0) is 12.8 Å². The minimum atomic E-state index is -1.03. The lowest BCUT2D eigenvalue weighted by molar-refractivity contribution is 0.102. The van der Waals surface area contributed by atoms with Gasteiger partial charge in [0.2, 0.25) is 0 Å². The zero-order valence-electron chi connectivity index (χ0n) is 13.1. The van der Waals surface area contributed by atoms with Gasteiger partial charge in [0.15, 0.2) is 0 Å². The summed E-state index contributed by atoms with van der Waals surface area (Å²) < 4.78 is 0. The van der Waals surface area contributed by atoms with Crippen molar-refractivity contribution in [1.29, 1.82) is 0 Å². The highest BCUT2D eigenvalue weighted by Gasteiger charge is 2.23. The highest BCUT2D eigenvalue weighted by Crippen LogP contribution is 2.34. The first-order chi connectivity index (χ1) is 11.9. The third kappa shape index (κ3) is 4.03. The topological polar surface area (TPSA) is 91.3 Å². The number of halogens is 2. The van der Waals surface area contributed by atoms with Crippen LogP contribution in [0.1, 0.15) is 27.9 Å². The number of carboxylic acid groups (broad SMARTS) is 1. The maximum absolute atomic E-state index is 12.3. The molecule has 0 saturated heterocycles. The molecule has 25 heavy (non-hydrogen) atoms. The van der Waals surface area contributed by atoms with Crippen LogP contribution < -0.4 is 10.6 Å². The number of rotatable bonds is 3. The summed E-state index contributed by atoms with van der Waals surface area (Å²) in [6.45, 7) is 0. The molecule has 1 unspecified atom stereocenters. The van der Waals surface area contributed by atoms with Crippen molar-refractivity contribution in [2.75, 3.05) is 5.32 Å². The largest absolute Gasteiger partial charge is 0.465 e. The maximum Gasteiger partial charge on any atom is 0.404 e. The minimum absolute atomic E-state index is 0.123. The molecular weight excluding hydrogens is 365 g/mol. The van der Waals surface area contributed by atoms with E-state index in [0.717, 1.165) is 11.1 Å². The number of anilines is 1. The van der Waals surface area contributed by atoms with Crippen LogP contribution in [0.15, 0.2) is 30.5 Å². The second kappa shape index (κ2) is 7.29. The number of fused-ring (bicyclic) bond motifs is 1. The molecule has 3 N–H and O–H groups in total. The number of hydrogen-bond acceptors (Lipinski definition) is 3. The van der Waals surface area contributed by atoms with Crippen molar-refractivity contribution in [1.82, 2.24) is 10.3 Å². The fourth-order valence-corrected chi connectivity index (χ4v) is 3.35. The zero-order chi connectivity index (χ0) is 18.0. The fraction of sp³-hybridized carbons (Fsp3) is 0.235. The van der Waals surface area contributed by atoms with Crippen LogP contribution in [0.3, 0.4) is 0 Å². The van der Waals surface area contributed by atoms with Gasteiger partial charge in [-0.1, -0.05) is 29.3 Å². The Morgan fingerprint density at radius 1 is 1.20 bits per heavy atom. The lowest BCUT2D eigenvalue weighted by atomic mass is 9.88. The number of pyridine rings is 1. The highest BCUT2D eigenvalue weighted by molar-refractivity contribution is 6.35. The molecule has 130 valence electrons. The molecule has 0 bridgehead atoms. The van der Waals surface area contributed by atoms with E-state index in [-0.39, 0.29) is 11.9 Å². The van der Waals surface area contributed by atoms with Crippen LogP contribution in [0.2, 0.25) is 10.2 Å². The van der Waals surface area contributed by atoms with Crippen molar-refractivity contribution in [2.24, 2.45) is 0 Å². The molecule has 1 aliphatic rings. The normalized spacial score (nSPS) is 16.0. The average molecular weight is 380 g/mol. The third-order valence-corrected chi connectivity index (χ3v) is 4.77. The molecule has 0 fully saturated rings. The molecule has 1 heterocycles. The first-order valence-corrected chi connectivity index (χ1v) is 8.42. The van der Waals surface area contributed by atoms with Crippen molar-refractivity contribution in [3.8, 4) is 0 Å². The molecule has 6 nitrogen and oxygen atoms in total. The first kappa shape index (κ1) is 17.5. The molecule has 1 aromatic heterocycles. The van der Waals surface area contributed by atoms with Gasteiger partial charge in [0.1, 0.15) is 5.15 Å². The van der Waals surface area contributed by atoms with Crippen LogP contribution in [0.25, 0.3) is 0 Å². The highest BCUT2D eigenvalue weighted by atomic mass is 35.5. The SMILES string of the molecule is O=C(O)NC1CCc2c(ccc(NC(=O)c3ccc(Cl)nc3)c2Cl)C1. The summed E-state index contributed by atoms with van der Waals surface area (Å²) in [4.78, 5) is 27.0. The van der Waals surface area contributed by atoms with Gasteiger partial charge in [-0.25, -0.2) is 9.78 Å². The Hall–Kier alpha value is -2.31. The summed E-state index contributed by atoms with van der Waals surface area (Å²) in [5, 5.41) is 14.9. The monoisotopic (exact) mass is 379 g/mol. The molecular formula is C17H15Cl2N3O3. The van der Waals surface area contributed by atoms with E-state index in [0.29, 0.717) is 40.7 Å². The molecule has 0 saturated carbocycles. The van der Waals surface area contributed by atoms with Crippen LogP contribution in [0.5, 0.6) is 0 Å². The van der Waals surface area contributed by atoms with Gasteiger partial charge in [-0.15, -0.1) is 0 Å². The van der Waals surface area contributed by atoms with Crippen LogP contribution in [-0.4, -0.2) is 28.1 Å². The van der Waals surface area contributed by atoms with E-state index in [9.17, 15) is 9.59 Å². The molecule has 3 rings (SSSR count). The Morgan fingerprint density at radius 3 is 2.68 bits per heavy atom. The van der Waals surface area contributed by atoms with Crippen molar-refractivity contribution in [3.63, 3.8) is 0 Å². The smallest absolute Gasteiger partial charge is 0.404 e. The second-order valence-electron chi connectivity index (χ2n) is 5.78. The van der Waals surface area contributed by atoms with Gasteiger partial charge in [0.05, 0.1) is 16.3 Å². The van der Waals surface area contributed by atoms with Crippen molar-refractivity contribution < 1.29 is 14.7 Å². The summed E-state index contributed by atoms with van der Waals surface area (Å²) in [6, 6.07) is 6.60. The predicted octanol–water partition coefficient (Wildman–Crippen LogP) is 3.77. The molecule has 1 aliphatic carbocycles. The number of aromatic nitrogens is 1. The Balaban J connectivity index is 1.77. The molecule has 0 spiro atoms. The van der Waals surface area contributed by atoms with Gasteiger partial charge in [-0.05, 0) is 48.6 Å². The third-order valence-electron chi connectivity index (χ3n) is 4.11. The number of amides is 2. The maximum atomic E-state index is 12.3. The molecule has 8 heteroatoms. The van der Waals surface area contributed by atoms with Gasteiger partial charge in [0.25, 0.3) is 5.91 Å². The Labute approximate surface area is 154 Å². The van der Waals surface area contributed by atoms with E-state index in [1.54, 1.807) is 18.2 Å². The second-order valence-corrected chi connectivity index (χ2v) is 6.54. The Bertz CT molecular complexity index is 825. The van der Waals surface area contributed by atoms with Gasteiger partial charge >= 0.3 is 6.09 Å². The quantitative estimate of drug-likeness (QED) is 0.707. The Morgan fingerprint density at radius 2 is 2.00 bits per heavy atom. The van der Waals surface area contributed by atoms with Crippen LogP contribution in [0, 0.1) is 0 Å². The first-order valence-electron chi connectivity index (χ1n) is 7.66.